The summed E-state index contributed by atoms with van der Waals surface area (Å²) in [6.45, 7) is 7.47. The van der Waals surface area contributed by atoms with Gasteiger partial charge in [0, 0.05) is 12.6 Å². The molecule has 1 fully saturated rings. The van der Waals surface area contributed by atoms with Crippen molar-refractivity contribution in [1.82, 2.24) is 10.2 Å². The minimum absolute atomic E-state index is 0.578. The summed E-state index contributed by atoms with van der Waals surface area (Å²) in [6.07, 6.45) is 3.30. The summed E-state index contributed by atoms with van der Waals surface area (Å²) in [5.74, 6) is 0.0713. The number of nitrogens with one attached hydrogen (secondary N) is 1. The molecule has 1 aliphatic carbocycles. The Hall–Kier alpha value is -0.610. The van der Waals surface area contributed by atoms with Gasteiger partial charge in [0.15, 0.2) is 0 Å². The van der Waals surface area contributed by atoms with Gasteiger partial charge in [0.05, 0.1) is 0 Å². The zero-order valence-corrected chi connectivity index (χ0v) is 11.5. The number of carbonyl (C=O) groups is 1. The van der Waals surface area contributed by atoms with E-state index in [2.05, 4.69) is 24.2 Å². The first-order chi connectivity index (χ1) is 7.90. The Morgan fingerprint density at radius 3 is 2.59 bits per heavy atom. The van der Waals surface area contributed by atoms with Gasteiger partial charge < -0.3 is 15.3 Å². The van der Waals surface area contributed by atoms with Gasteiger partial charge >= 0.3 is 5.97 Å². The van der Waals surface area contributed by atoms with Gasteiger partial charge in [-0.25, -0.2) is 0 Å². The van der Waals surface area contributed by atoms with Gasteiger partial charge in [-0.3, -0.25) is 4.79 Å². The molecular formula is C13H26N2O2. The van der Waals surface area contributed by atoms with Crippen LogP contribution in [0.25, 0.3) is 0 Å². The maximum absolute atomic E-state index is 11.3. The molecule has 17 heavy (non-hydrogen) atoms. The summed E-state index contributed by atoms with van der Waals surface area (Å²) in [5.41, 5.74) is -0.799. The van der Waals surface area contributed by atoms with Gasteiger partial charge in [-0.15, -0.1) is 0 Å². The van der Waals surface area contributed by atoms with Crippen LogP contribution in [0.2, 0.25) is 0 Å². The van der Waals surface area contributed by atoms with Crippen molar-refractivity contribution in [2.75, 3.05) is 20.1 Å². The minimum atomic E-state index is -0.799. The first-order valence-electron chi connectivity index (χ1n) is 6.59. The average molecular weight is 242 g/mol. The molecule has 0 bridgehead atoms. The third-order valence-corrected chi connectivity index (χ3v) is 4.00. The second kappa shape index (κ2) is 5.83. The molecule has 0 aliphatic heterocycles. The van der Waals surface area contributed by atoms with Crippen LogP contribution < -0.4 is 5.32 Å². The van der Waals surface area contributed by atoms with Gasteiger partial charge in [-0.05, 0) is 52.6 Å². The maximum Gasteiger partial charge on any atom is 0.323 e. The number of carboxylic acids is 1. The van der Waals surface area contributed by atoms with Gasteiger partial charge in [0.1, 0.15) is 5.54 Å². The van der Waals surface area contributed by atoms with Gasteiger partial charge in [0.25, 0.3) is 0 Å². The highest BCUT2D eigenvalue weighted by Gasteiger charge is 2.34. The van der Waals surface area contributed by atoms with E-state index in [1.807, 2.05) is 6.92 Å². The summed E-state index contributed by atoms with van der Waals surface area (Å²) in [4.78, 5) is 13.5. The number of aliphatic carboxylic acids is 1. The van der Waals surface area contributed by atoms with Crippen LogP contribution in [0.15, 0.2) is 0 Å². The fraction of sp³-hybridized carbons (Fsp3) is 0.923. The molecule has 0 saturated heterocycles. The Morgan fingerprint density at radius 1 is 1.59 bits per heavy atom. The molecule has 4 heteroatoms. The topological polar surface area (TPSA) is 52.6 Å². The van der Waals surface area contributed by atoms with E-state index in [-0.39, 0.29) is 0 Å². The van der Waals surface area contributed by atoms with E-state index in [0.717, 1.165) is 12.5 Å². The largest absolute Gasteiger partial charge is 0.480 e. The zero-order valence-electron chi connectivity index (χ0n) is 11.5. The van der Waals surface area contributed by atoms with Crippen LogP contribution in [0.5, 0.6) is 0 Å². The normalized spacial score (nSPS) is 21.2. The van der Waals surface area contributed by atoms with Crippen molar-refractivity contribution in [1.29, 1.82) is 0 Å². The smallest absolute Gasteiger partial charge is 0.323 e. The van der Waals surface area contributed by atoms with Crippen molar-refractivity contribution in [3.05, 3.63) is 0 Å². The first-order valence-corrected chi connectivity index (χ1v) is 6.59. The molecule has 100 valence electrons. The lowest BCUT2D eigenvalue weighted by Crippen LogP contribution is -2.51. The quantitative estimate of drug-likeness (QED) is 0.678. The Morgan fingerprint density at radius 2 is 2.18 bits per heavy atom. The zero-order chi connectivity index (χ0) is 13.1. The number of likely N-dealkylation sites (N-methyl/N-ethyl adjacent to an activating group) is 1. The summed E-state index contributed by atoms with van der Waals surface area (Å²) >= 11 is 0. The summed E-state index contributed by atoms with van der Waals surface area (Å²) in [6, 6.07) is 0.578. The summed E-state index contributed by atoms with van der Waals surface area (Å²) in [5, 5.41) is 12.3. The molecule has 0 aromatic heterocycles. The van der Waals surface area contributed by atoms with Crippen molar-refractivity contribution in [2.45, 2.75) is 51.6 Å². The number of hydrogen-bond donors (Lipinski definition) is 2. The lowest BCUT2D eigenvalue weighted by Gasteiger charge is -2.31. The molecule has 1 rings (SSSR count). The second-order valence-electron chi connectivity index (χ2n) is 5.48. The van der Waals surface area contributed by atoms with Crippen LogP contribution in [0.4, 0.5) is 0 Å². The van der Waals surface area contributed by atoms with E-state index in [9.17, 15) is 9.90 Å². The average Bonchev–Trinajstić information content (AvgIpc) is 3.08. The van der Waals surface area contributed by atoms with Crippen LogP contribution in [0.3, 0.4) is 0 Å². The molecule has 2 atom stereocenters. The molecule has 0 radical (unpaired) electrons. The van der Waals surface area contributed by atoms with E-state index >= 15 is 0 Å². The van der Waals surface area contributed by atoms with E-state index in [1.165, 1.54) is 12.8 Å². The van der Waals surface area contributed by atoms with Crippen molar-refractivity contribution in [2.24, 2.45) is 5.92 Å². The number of carboxylic acid groups (broad SMARTS) is 1. The Balaban J connectivity index is 2.42. The van der Waals surface area contributed by atoms with Crippen LogP contribution in [-0.2, 0) is 4.79 Å². The molecule has 4 nitrogen and oxygen atoms in total. The van der Waals surface area contributed by atoms with Crippen LogP contribution in [-0.4, -0.2) is 47.7 Å². The Labute approximate surface area is 104 Å². The third kappa shape index (κ3) is 3.96. The van der Waals surface area contributed by atoms with E-state index in [0.29, 0.717) is 19.0 Å². The van der Waals surface area contributed by atoms with Crippen molar-refractivity contribution in [3.63, 3.8) is 0 Å². The van der Waals surface area contributed by atoms with Gasteiger partial charge in [-0.2, -0.15) is 0 Å². The standard InChI is InChI=1S/C13H26N2O2/c1-5-14-13(3,12(16)17)8-9-15(4)10(2)11-6-7-11/h10-11,14H,5-9H2,1-4H3,(H,16,17). The maximum atomic E-state index is 11.3. The molecule has 0 aromatic rings. The molecular weight excluding hydrogens is 216 g/mol. The SMILES string of the molecule is CCNC(C)(CCN(C)C(C)C1CC1)C(=O)O. The van der Waals surface area contributed by atoms with Crippen LogP contribution >= 0.6 is 0 Å². The van der Waals surface area contributed by atoms with Gasteiger partial charge in [0.2, 0.25) is 0 Å². The number of nitrogens with zero attached hydrogens (tertiary/aromatic N) is 1. The lowest BCUT2D eigenvalue weighted by molar-refractivity contribution is -0.144. The second-order valence-corrected chi connectivity index (χ2v) is 5.48. The first kappa shape index (κ1) is 14.5. The lowest BCUT2D eigenvalue weighted by atomic mass is 9.97. The van der Waals surface area contributed by atoms with Crippen molar-refractivity contribution >= 4 is 5.97 Å². The highest BCUT2D eigenvalue weighted by atomic mass is 16.4. The molecule has 1 aliphatic rings. The third-order valence-electron chi connectivity index (χ3n) is 4.00. The number of hydrogen-bond acceptors (Lipinski definition) is 3. The summed E-state index contributed by atoms with van der Waals surface area (Å²) in [7, 11) is 2.09. The van der Waals surface area contributed by atoms with Gasteiger partial charge in [-0.1, -0.05) is 6.92 Å². The predicted molar refractivity (Wildman–Crippen MR) is 69.2 cm³/mol. The monoisotopic (exact) mass is 242 g/mol. The fourth-order valence-electron chi connectivity index (χ4n) is 2.20. The molecule has 0 aromatic carbocycles. The summed E-state index contributed by atoms with van der Waals surface area (Å²) < 4.78 is 0. The molecule has 2 unspecified atom stereocenters. The predicted octanol–water partition coefficient (Wildman–Crippen LogP) is 1.56. The van der Waals surface area contributed by atoms with Crippen molar-refractivity contribution in [3.8, 4) is 0 Å². The fourth-order valence-corrected chi connectivity index (χ4v) is 2.20. The Bertz CT molecular complexity index is 266. The number of rotatable bonds is 8. The molecule has 0 heterocycles. The van der Waals surface area contributed by atoms with E-state index in [4.69, 9.17) is 0 Å². The molecule has 0 amide bonds. The van der Waals surface area contributed by atoms with Crippen molar-refractivity contribution < 1.29 is 9.90 Å². The van der Waals surface area contributed by atoms with E-state index < -0.39 is 11.5 Å². The molecule has 2 N–H and O–H groups in total. The van der Waals surface area contributed by atoms with Crippen LogP contribution in [0, 0.1) is 5.92 Å². The minimum Gasteiger partial charge on any atom is -0.480 e. The molecule has 1 saturated carbocycles. The molecule has 0 spiro atoms. The van der Waals surface area contributed by atoms with E-state index in [1.54, 1.807) is 6.92 Å². The Kier molecular flexibility index (Phi) is 4.95. The highest BCUT2D eigenvalue weighted by Crippen LogP contribution is 2.34. The van der Waals surface area contributed by atoms with Crippen LogP contribution in [0.1, 0.15) is 40.0 Å². The highest BCUT2D eigenvalue weighted by molar-refractivity contribution is 5.78.